The summed E-state index contributed by atoms with van der Waals surface area (Å²) in [6.07, 6.45) is 0. The molecule has 4 nitrogen and oxygen atoms in total. The molecule has 1 aromatic heterocycles. The van der Waals surface area contributed by atoms with Crippen molar-refractivity contribution >= 4 is 51.4 Å². The van der Waals surface area contributed by atoms with Crippen LogP contribution in [0, 0.1) is 0 Å². The van der Waals surface area contributed by atoms with Crippen LogP contribution < -0.4 is 9.64 Å². The number of anilines is 2. The quantitative estimate of drug-likeness (QED) is 0.428. The van der Waals surface area contributed by atoms with E-state index in [0.29, 0.717) is 21.8 Å². The van der Waals surface area contributed by atoms with Gasteiger partial charge in [0, 0.05) is 28.3 Å². The Bertz CT molecular complexity index is 944. The molecule has 1 heterocycles. The predicted molar refractivity (Wildman–Crippen MR) is 119 cm³/mol. The van der Waals surface area contributed by atoms with Crippen molar-refractivity contribution in [1.29, 1.82) is 0 Å². The molecule has 0 fully saturated rings. The van der Waals surface area contributed by atoms with Crippen LogP contribution in [0.15, 0.2) is 53.9 Å². The van der Waals surface area contributed by atoms with Gasteiger partial charge in [0.15, 0.2) is 5.13 Å². The lowest BCUT2D eigenvalue weighted by Gasteiger charge is -2.20. The molecule has 3 rings (SSSR count). The number of carbonyl (C=O) groups excluding carboxylic acids is 1. The number of hydrogen-bond donors (Lipinski definition) is 0. The Hall–Kier alpha value is -2.02. The molecular formula is C21H21ClN2O2S2. The third-order valence-corrected chi connectivity index (χ3v) is 6.55. The molecule has 28 heavy (non-hydrogen) atoms. The van der Waals surface area contributed by atoms with Crippen LogP contribution in [0.4, 0.5) is 10.8 Å². The van der Waals surface area contributed by atoms with Gasteiger partial charge < -0.3 is 4.74 Å². The first-order chi connectivity index (χ1) is 13.5. The molecule has 2 aromatic carbocycles. The number of benzene rings is 2. The number of ether oxygens (including phenoxy) is 1. The molecule has 0 saturated heterocycles. The molecule has 146 valence electrons. The normalized spacial score (nSPS) is 11.9. The summed E-state index contributed by atoms with van der Waals surface area (Å²) in [6, 6.07) is 15.4. The molecule has 1 amide bonds. The number of amides is 1. The van der Waals surface area contributed by atoms with Gasteiger partial charge in [-0.3, -0.25) is 9.69 Å². The summed E-state index contributed by atoms with van der Waals surface area (Å²) in [7, 11) is 1.60. The Morgan fingerprint density at radius 1 is 1.25 bits per heavy atom. The summed E-state index contributed by atoms with van der Waals surface area (Å²) in [6.45, 7) is 3.70. The van der Waals surface area contributed by atoms with Gasteiger partial charge in [0.1, 0.15) is 5.75 Å². The topological polar surface area (TPSA) is 42.4 Å². The first-order valence-corrected chi connectivity index (χ1v) is 11.1. The Kier molecular flexibility index (Phi) is 6.99. The number of nitrogens with zero attached hydrogens (tertiary/aromatic N) is 2. The largest absolute Gasteiger partial charge is 0.495 e. The smallest absolute Gasteiger partial charge is 0.230 e. The lowest BCUT2D eigenvalue weighted by Crippen LogP contribution is -2.23. The fourth-order valence-corrected chi connectivity index (χ4v) is 4.76. The fourth-order valence-electron chi connectivity index (χ4n) is 2.73. The first-order valence-electron chi connectivity index (χ1n) is 8.74. The molecule has 0 N–H and O–H groups in total. The van der Waals surface area contributed by atoms with E-state index in [9.17, 15) is 4.79 Å². The zero-order valence-electron chi connectivity index (χ0n) is 15.9. The van der Waals surface area contributed by atoms with E-state index in [-0.39, 0.29) is 5.91 Å². The number of methoxy groups -OCH3 is 1. The Balaban J connectivity index is 1.74. The average molecular weight is 433 g/mol. The van der Waals surface area contributed by atoms with Crippen LogP contribution in [0.5, 0.6) is 5.75 Å². The minimum absolute atomic E-state index is 0.104. The van der Waals surface area contributed by atoms with E-state index < -0.39 is 0 Å². The van der Waals surface area contributed by atoms with E-state index >= 15 is 0 Å². The van der Waals surface area contributed by atoms with E-state index in [1.165, 1.54) is 23.8 Å². The molecule has 0 aliphatic rings. The zero-order chi connectivity index (χ0) is 20.1. The molecule has 7 heteroatoms. The van der Waals surface area contributed by atoms with Gasteiger partial charge in [-0.1, -0.05) is 35.9 Å². The number of halogens is 1. The van der Waals surface area contributed by atoms with E-state index in [0.717, 1.165) is 16.5 Å². The van der Waals surface area contributed by atoms with Gasteiger partial charge in [0.2, 0.25) is 5.91 Å². The van der Waals surface area contributed by atoms with Crippen LogP contribution in [0.1, 0.15) is 30.4 Å². The van der Waals surface area contributed by atoms with Crippen molar-refractivity contribution in [3.8, 4) is 5.75 Å². The van der Waals surface area contributed by atoms with Crippen molar-refractivity contribution in [2.75, 3.05) is 12.0 Å². The Morgan fingerprint density at radius 3 is 2.64 bits per heavy atom. The predicted octanol–water partition coefficient (Wildman–Crippen LogP) is 6.48. The van der Waals surface area contributed by atoms with Crippen molar-refractivity contribution in [3.05, 3.63) is 70.2 Å². The molecule has 0 spiro atoms. The van der Waals surface area contributed by atoms with E-state index in [4.69, 9.17) is 16.3 Å². The maximum absolute atomic E-state index is 12.3. The molecule has 0 aliphatic carbocycles. The third-order valence-electron chi connectivity index (χ3n) is 4.19. The summed E-state index contributed by atoms with van der Waals surface area (Å²) < 4.78 is 5.41. The highest BCUT2D eigenvalue weighted by Crippen LogP contribution is 2.37. The van der Waals surface area contributed by atoms with Crippen molar-refractivity contribution in [1.82, 2.24) is 4.98 Å². The van der Waals surface area contributed by atoms with Gasteiger partial charge in [0.05, 0.1) is 18.5 Å². The van der Waals surface area contributed by atoms with Gasteiger partial charge in [0.25, 0.3) is 0 Å². The molecule has 0 aliphatic heterocycles. The minimum atomic E-state index is -0.104. The van der Waals surface area contributed by atoms with Gasteiger partial charge in [-0.2, -0.15) is 0 Å². The zero-order valence-corrected chi connectivity index (χ0v) is 18.3. The average Bonchev–Trinajstić information content (AvgIpc) is 3.15. The number of para-hydroxylation sites is 2. The van der Waals surface area contributed by atoms with E-state index in [2.05, 4.69) is 11.9 Å². The van der Waals surface area contributed by atoms with Crippen LogP contribution >= 0.6 is 34.7 Å². The molecule has 0 radical (unpaired) electrons. The summed E-state index contributed by atoms with van der Waals surface area (Å²) in [5.74, 6) is 1.30. The van der Waals surface area contributed by atoms with Crippen molar-refractivity contribution in [2.45, 2.75) is 24.9 Å². The molecule has 0 saturated carbocycles. The fraction of sp³-hybridized carbons (Fsp3) is 0.238. The van der Waals surface area contributed by atoms with Crippen LogP contribution in [-0.4, -0.2) is 18.0 Å². The summed E-state index contributed by atoms with van der Waals surface area (Å²) >= 11 is 9.22. The van der Waals surface area contributed by atoms with Crippen molar-refractivity contribution < 1.29 is 9.53 Å². The number of aromatic nitrogens is 1. The number of rotatable bonds is 7. The lowest BCUT2D eigenvalue weighted by molar-refractivity contribution is -0.115. The number of carbonyl (C=O) groups is 1. The van der Waals surface area contributed by atoms with E-state index in [1.807, 2.05) is 53.9 Å². The molecule has 1 atom stereocenters. The van der Waals surface area contributed by atoms with Crippen molar-refractivity contribution in [3.63, 3.8) is 0 Å². The third kappa shape index (κ3) is 4.87. The van der Waals surface area contributed by atoms with E-state index in [1.54, 1.807) is 23.8 Å². The summed E-state index contributed by atoms with van der Waals surface area (Å²) in [4.78, 5) is 18.6. The second-order valence-corrected chi connectivity index (χ2v) is 8.75. The monoisotopic (exact) mass is 432 g/mol. The van der Waals surface area contributed by atoms with Crippen molar-refractivity contribution in [2.24, 2.45) is 0 Å². The SMILES string of the molecule is COc1ccccc1N(C(C)=O)c1nc(CSC(C)c2ccc(Cl)cc2)cs1. The minimum Gasteiger partial charge on any atom is -0.495 e. The van der Waals surface area contributed by atoms with Gasteiger partial charge in [-0.05, 0) is 36.8 Å². The second-order valence-electron chi connectivity index (χ2n) is 6.15. The van der Waals surface area contributed by atoms with Gasteiger partial charge in [-0.25, -0.2) is 4.98 Å². The Labute approximate surface area is 178 Å². The molecule has 1 unspecified atom stereocenters. The number of thiazole rings is 1. The summed E-state index contributed by atoms with van der Waals surface area (Å²) in [5.41, 5.74) is 2.87. The highest BCUT2D eigenvalue weighted by Gasteiger charge is 2.21. The van der Waals surface area contributed by atoms with Crippen LogP contribution in [0.25, 0.3) is 0 Å². The van der Waals surface area contributed by atoms with Gasteiger partial charge >= 0.3 is 0 Å². The summed E-state index contributed by atoms with van der Waals surface area (Å²) in [5, 5.41) is 3.71. The molecule has 0 bridgehead atoms. The maximum atomic E-state index is 12.3. The highest BCUT2D eigenvalue weighted by atomic mass is 35.5. The standard InChI is InChI=1S/C21H21ClN2O2S2/c1-14(16-8-10-17(22)11-9-16)27-12-18-13-28-21(23-18)24(15(2)25)19-6-4-5-7-20(19)26-3/h4-11,13-14H,12H2,1-3H3. The Morgan fingerprint density at radius 2 is 1.96 bits per heavy atom. The molecular weight excluding hydrogens is 412 g/mol. The lowest BCUT2D eigenvalue weighted by atomic mass is 10.2. The molecule has 3 aromatic rings. The van der Waals surface area contributed by atoms with Crippen LogP contribution in [0.3, 0.4) is 0 Å². The van der Waals surface area contributed by atoms with Gasteiger partial charge in [-0.15, -0.1) is 23.1 Å². The second kappa shape index (κ2) is 9.45. The number of thioether (sulfide) groups is 1. The maximum Gasteiger partial charge on any atom is 0.230 e. The van der Waals surface area contributed by atoms with Crippen LogP contribution in [-0.2, 0) is 10.5 Å². The number of hydrogen-bond acceptors (Lipinski definition) is 5. The first kappa shape index (κ1) is 20.7. The highest BCUT2D eigenvalue weighted by molar-refractivity contribution is 7.98. The van der Waals surface area contributed by atoms with Crippen LogP contribution in [0.2, 0.25) is 5.02 Å².